The van der Waals surface area contributed by atoms with Crippen molar-refractivity contribution in [3.05, 3.63) is 35.1 Å². The Morgan fingerprint density at radius 1 is 1.47 bits per heavy atom. The number of hydrogen-bond donors (Lipinski definition) is 1. The summed E-state index contributed by atoms with van der Waals surface area (Å²) in [6.07, 6.45) is 1.16. The predicted octanol–water partition coefficient (Wildman–Crippen LogP) is 2.30. The minimum Gasteiger partial charge on any atom is -0.330 e. The van der Waals surface area contributed by atoms with Crippen LogP contribution in [0.5, 0.6) is 0 Å². The quantitative estimate of drug-likeness (QED) is 0.872. The number of rotatable bonds is 3. The molecule has 0 saturated carbocycles. The summed E-state index contributed by atoms with van der Waals surface area (Å²) in [5.41, 5.74) is 7.97. The van der Waals surface area contributed by atoms with Gasteiger partial charge < -0.3 is 5.73 Å². The molecule has 2 N–H and O–H groups in total. The molecule has 1 aliphatic rings. The van der Waals surface area contributed by atoms with Crippen LogP contribution >= 0.6 is 0 Å². The normalized spacial score (nSPS) is 25.4. The molecule has 2 nitrogen and oxygen atoms in total. The van der Waals surface area contributed by atoms with Crippen molar-refractivity contribution in [3.8, 4) is 0 Å². The Labute approximate surface area is 103 Å². The summed E-state index contributed by atoms with van der Waals surface area (Å²) in [7, 11) is 0. The lowest BCUT2D eigenvalue weighted by Gasteiger charge is -2.22. The number of hydrogen-bond acceptors (Lipinski definition) is 2. The number of halogens is 1. The van der Waals surface area contributed by atoms with Crippen LogP contribution in [0.3, 0.4) is 0 Å². The van der Waals surface area contributed by atoms with E-state index in [2.05, 4.69) is 11.8 Å². The first-order chi connectivity index (χ1) is 8.10. The highest BCUT2D eigenvalue weighted by atomic mass is 19.1. The maximum absolute atomic E-state index is 13.2. The van der Waals surface area contributed by atoms with Gasteiger partial charge in [-0.05, 0) is 56.0 Å². The van der Waals surface area contributed by atoms with Crippen molar-refractivity contribution in [2.24, 2.45) is 11.7 Å². The molecule has 1 aliphatic heterocycles. The molecule has 0 amide bonds. The summed E-state index contributed by atoms with van der Waals surface area (Å²) in [5.74, 6) is 0.451. The lowest BCUT2D eigenvalue weighted by atomic mass is 10.1. The maximum Gasteiger partial charge on any atom is 0.123 e. The van der Waals surface area contributed by atoms with Crippen LogP contribution in [0.2, 0.25) is 0 Å². The molecule has 17 heavy (non-hydrogen) atoms. The van der Waals surface area contributed by atoms with E-state index in [-0.39, 0.29) is 5.82 Å². The fourth-order valence-electron chi connectivity index (χ4n) is 2.64. The maximum atomic E-state index is 13.2. The number of nitrogens with two attached hydrogens (primary N) is 1. The van der Waals surface area contributed by atoms with Crippen LogP contribution < -0.4 is 5.73 Å². The van der Waals surface area contributed by atoms with E-state index in [1.54, 1.807) is 6.07 Å². The summed E-state index contributed by atoms with van der Waals surface area (Å²) in [4.78, 5) is 2.40. The zero-order chi connectivity index (χ0) is 12.4. The van der Waals surface area contributed by atoms with Crippen molar-refractivity contribution in [3.63, 3.8) is 0 Å². The van der Waals surface area contributed by atoms with Crippen LogP contribution in [-0.2, 0) is 6.54 Å². The second kappa shape index (κ2) is 5.15. The van der Waals surface area contributed by atoms with Gasteiger partial charge in [0.2, 0.25) is 0 Å². The summed E-state index contributed by atoms with van der Waals surface area (Å²) in [6.45, 7) is 6.89. The van der Waals surface area contributed by atoms with Gasteiger partial charge in [0.15, 0.2) is 0 Å². The molecule has 0 aliphatic carbocycles. The van der Waals surface area contributed by atoms with Gasteiger partial charge >= 0.3 is 0 Å². The van der Waals surface area contributed by atoms with E-state index < -0.39 is 0 Å². The Morgan fingerprint density at radius 2 is 2.24 bits per heavy atom. The van der Waals surface area contributed by atoms with Gasteiger partial charge in [-0.1, -0.05) is 6.07 Å². The Balaban J connectivity index is 2.08. The molecule has 0 aromatic heterocycles. The minimum absolute atomic E-state index is 0.146. The average Bonchev–Trinajstić information content (AvgIpc) is 2.65. The van der Waals surface area contributed by atoms with Crippen molar-refractivity contribution >= 4 is 0 Å². The number of aryl methyl sites for hydroxylation is 1. The first kappa shape index (κ1) is 12.5. The van der Waals surface area contributed by atoms with Gasteiger partial charge in [0.1, 0.15) is 5.82 Å². The molecule has 2 atom stereocenters. The minimum atomic E-state index is -0.146. The lowest BCUT2D eigenvalue weighted by molar-refractivity contribution is 0.255. The van der Waals surface area contributed by atoms with Gasteiger partial charge in [0.25, 0.3) is 0 Å². The Morgan fingerprint density at radius 3 is 2.88 bits per heavy atom. The standard InChI is InChI=1S/C14H21FN2/c1-10-3-4-14(15)6-13(10)9-17-8-12(7-16)5-11(17)2/h3-4,6,11-12H,5,7-9,16H2,1-2H3. The number of nitrogens with zero attached hydrogens (tertiary/aromatic N) is 1. The lowest BCUT2D eigenvalue weighted by Crippen LogP contribution is -2.27. The van der Waals surface area contributed by atoms with Gasteiger partial charge in [-0.25, -0.2) is 4.39 Å². The van der Waals surface area contributed by atoms with Crippen molar-refractivity contribution in [2.45, 2.75) is 32.9 Å². The van der Waals surface area contributed by atoms with E-state index in [4.69, 9.17) is 5.73 Å². The number of benzene rings is 1. The number of likely N-dealkylation sites (tertiary alicyclic amines) is 1. The van der Waals surface area contributed by atoms with Crippen LogP contribution in [0.25, 0.3) is 0 Å². The summed E-state index contributed by atoms with van der Waals surface area (Å²) in [6, 6.07) is 5.57. The Bertz CT molecular complexity index is 392. The first-order valence-electron chi connectivity index (χ1n) is 6.29. The third-order valence-corrected chi connectivity index (χ3v) is 3.81. The predicted molar refractivity (Wildman–Crippen MR) is 68.2 cm³/mol. The fourth-order valence-corrected chi connectivity index (χ4v) is 2.64. The van der Waals surface area contributed by atoms with Crippen molar-refractivity contribution in [1.29, 1.82) is 0 Å². The van der Waals surface area contributed by atoms with Gasteiger partial charge in [0.05, 0.1) is 0 Å². The molecule has 0 spiro atoms. The highest BCUT2D eigenvalue weighted by Crippen LogP contribution is 2.25. The topological polar surface area (TPSA) is 29.3 Å². The molecule has 1 fully saturated rings. The van der Waals surface area contributed by atoms with E-state index in [1.165, 1.54) is 6.07 Å². The van der Waals surface area contributed by atoms with Gasteiger partial charge in [0, 0.05) is 19.1 Å². The molecule has 1 heterocycles. The second-order valence-corrected chi connectivity index (χ2v) is 5.19. The van der Waals surface area contributed by atoms with Gasteiger partial charge in [-0.2, -0.15) is 0 Å². The second-order valence-electron chi connectivity index (χ2n) is 5.19. The Hall–Kier alpha value is -0.930. The third kappa shape index (κ3) is 2.85. The summed E-state index contributed by atoms with van der Waals surface area (Å²) in [5, 5.41) is 0. The third-order valence-electron chi connectivity index (χ3n) is 3.81. The molecular formula is C14H21FN2. The van der Waals surface area contributed by atoms with E-state index in [1.807, 2.05) is 13.0 Å². The van der Waals surface area contributed by atoms with E-state index in [0.29, 0.717) is 12.0 Å². The van der Waals surface area contributed by atoms with E-state index in [0.717, 1.165) is 37.2 Å². The zero-order valence-electron chi connectivity index (χ0n) is 10.6. The molecule has 3 heteroatoms. The van der Waals surface area contributed by atoms with Crippen LogP contribution in [0.1, 0.15) is 24.5 Å². The van der Waals surface area contributed by atoms with Gasteiger partial charge in [-0.3, -0.25) is 4.90 Å². The largest absolute Gasteiger partial charge is 0.330 e. The van der Waals surface area contributed by atoms with Crippen LogP contribution in [0.15, 0.2) is 18.2 Å². The highest BCUT2D eigenvalue weighted by molar-refractivity contribution is 5.26. The smallest absolute Gasteiger partial charge is 0.123 e. The first-order valence-corrected chi connectivity index (χ1v) is 6.29. The summed E-state index contributed by atoms with van der Waals surface area (Å²) < 4.78 is 13.2. The summed E-state index contributed by atoms with van der Waals surface area (Å²) >= 11 is 0. The molecule has 0 bridgehead atoms. The average molecular weight is 236 g/mol. The van der Waals surface area contributed by atoms with E-state index >= 15 is 0 Å². The zero-order valence-corrected chi connectivity index (χ0v) is 10.6. The van der Waals surface area contributed by atoms with Crippen LogP contribution in [0.4, 0.5) is 4.39 Å². The molecule has 2 unspecified atom stereocenters. The molecule has 94 valence electrons. The van der Waals surface area contributed by atoms with Crippen molar-refractivity contribution < 1.29 is 4.39 Å². The Kier molecular flexibility index (Phi) is 3.79. The molecule has 2 rings (SSSR count). The van der Waals surface area contributed by atoms with Crippen LogP contribution in [-0.4, -0.2) is 24.0 Å². The highest BCUT2D eigenvalue weighted by Gasteiger charge is 2.28. The monoisotopic (exact) mass is 236 g/mol. The van der Waals surface area contributed by atoms with Crippen LogP contribution in [0, 0.1) is 18.7 Å². The van der Waals surface area contributed by atoms with Crippen molar-refractivity contribution in [1.82, 2.24) is 4.90 Å². The molecule has 1 aromatic rings. The molecule has 0 radical (unpaired) electrons. The fraction of sp³-hybridized carbons (Fsp3) is 0.571. The van der Waals surface area contributed by atoms with Gasteiger partial charge in [-0.15, -0.1) is 0 Å². The van der Waals surface area contributed by atoms with Crippen molar-refractivity contribution in [2.75, 3.05) is 13.1 Å². The van der Waals surface area contributed by atoms with E-state index in [9.17, 15) is 4.39 Å². The molecule has 1 aromatic carbocycles. The molecule has 1 saturated heterocycles. The SMILES string of the molecule is Cc1ccc(F)cc1CN1CC(CN)CC1C. The molecular weight excluding hydrogens is 215 g/mol.